The maximum absolute atomic E-state index is 15.1. The molecule has 2 aromatic heterocycles. The van der Waals surface area contributed by atoms with E-state index in [0.717, 1.165) is 24.0 Å². The van der Waals surface area contributed by atoms with Crippen molar-refractivity contribution >= 4 is 34.5 Å². The summed E-state index contributed by atoms with van der Waals surface area (Å²) in [6, 6.07) is 12.4. The Morgan fingerprint density at radius 2 is 1.91 bits per heavy atom. The molecule has 4 aromatic rings. The van der Waals surface area contributed by atoms with Crippen LogP contribution in [0.25, 0.3) is 28.0 Å². The van der Waals surface area contributed by atoms with Crippen LogP contribution in [0.1, 0.15) is 43.7 Å². The molecule has 10 N–H and O–H groups in total. The van der Waals surface area contributed by atoms with Crippen LogP contribution in [0.5, 0.6) is 0 Å². The number of hydrogen-bond acceptors (Lipinski definition) is 6. The second-order valence-corrected chi connectivity index (χ2v) is 11.1. The van der Waals surface area contributed by atoms with Crippen LogP contribution >= 0.6 is 11.6 Å². The summed E-state index contributed by atoms with van der Waals surface area (Å²) < 4.78 is 16.5. The molecule has 0 bridgehead atoms. The molecule has 0 unspecified atom stereocenters. The highest BCUT2D eigenvalue weighted by atomic mass is 35.5. The molecule has 43 heavy (non-hydrogen) atoms. The molecule has 228 valence electrons. The van der Waals surface area contributed by atoms with Crippen LogP contribution in [0.4, 0.5) is 4.39 Å². The van der Waals surface area contributed by atoms with Crippen LogP contribution in [0, 0.1) is 11.2 Å². The summed E-state index contributed by atoms with van der Waals surface area (Å²) in [5, 5.41) is 13.9. The van der Waals surface area contributed by atoms with Crippen LogP contribution in [0.2, 0.25) is 5.02 Å². The number of aryl methyl sites for hydroxylation is 1. The molecule has 2 heterocycles. The van der Waals surface area contributed by atoms with Gasteiger partial charge in [-0.1, -0.05) is 23.7 Å². The van der Waals surface area contributed by atoms with Crippen LogP contribution in [0.15, 0.2) is 53.5 Å². The van der Waals surface area contributed by atoms with E-state index in [1.54, 1.807) is 36.5 Å². The van der Waals surface area contributed by atoms with E-state index in [2.05, 4.69) is 20.6 Å². The van der Waals surface area contributed by atoms with Gasteiger partial charge in [0.1, 0.15) is 5.65 Å². The lowest BCUT2D eigenvalue weighted by Crippen LogP contribution is -2.38. The van der Waals surface area contributed by atoms with Gasteiger partial charge < -0.3 is 32.8 Å². The highest BCUT2D eigenvalue weighted by Crippen LogP contribution is 2.31. The number of primary amides is 1. The van der Waals surface area contributed by atoms with Crippen molar-refractivity contribution in [2.45, 2.75) is 57.7 Å². The van der Waals surface area contributed by atoms with E-state index in [1.807, 2.05) is 19.1 Å². The average Bonchev–Trinajstić information content (AvgIpc) is 3.35. The normalized spacial score (nSPS) is 12.7. The number of aromatic amines is 1. The summed E-state index contributed by atoms with van der Waals surface area (Å²) in [5.41, 5.74) is 19.6. The quantitative estimate of drug-likeness (QED) is 0.0842. The zero-order valence-electron chi connectivity index (χ0n) is 23.9. The number of carbonyl (C=O) groups excluding carboxylic acids is 1. The molecule has 0 saturated heterocycles. The van der Waals surface area contributed by atoms with Gasteiger partial charge in [0.15, 0.2) is 11.8 Å². The van der Waals surface area contributed by atoms with E-state index in [4.69, 9.17) is 34.2 Å². The average molecular weight is 610 g/mol. The lowest BCUT2D eigenvalue weighted by molar-refractivity contribution is -0.118. The zero-order chi connectivity index (χ0) is 31.1. The van der Waals surface area contributed by atoms with Crippen LogP contribution < -0.4 is 33.5 Å². The first kappa shape index (κ1) is 31.7. The largest absolute Gasteiger partial charge is 0.370 e. The lowest BCUT2D eigenvalue weighted by atomic mass is 10.0. The second-order valence-electron chi connectivity index (χ2n) is 10.7. The Morgan fingerprint density at radius 1 is 1.16 bits per heavy atom. The predicted molar refractivity (Wildman–Crippen MR) is 168 cm³/mol. The maximum atomic E-state index is 15.1. The molecule has 0 aliphatic carbocycles. The van der Waals surface area contributed by atoms with Crippen molar-refractivity contribution in [2.24, 2.45) is 17.2 Å². The van der Waals surface area contributed by atoms with Gasteiger partial charge in [0.25, 0.3) is 0 Å². The minimum Gasteiger partial charge on any atom is -0.370 e. The summed E-state index contributed by atoms with van der Waals surface area (Å²) in [7, 11) is 0. The van der Waals surface area contributed by atoms with Crippen molar-refractivity contribution < 1.29 is 9.18 Å². The van der Waals surface area contributed by atoms with Crippen molar-refractivity contribution in [1.82, 2.24) is 25.2 Å². The Bertz CT molecular complexity index is 1650. The number of nitrogens with two attached hydrogens (primary N) is 3. The monoisotopic (exact) mass is 609 g/mol. The minimum absolute atomic E-state index is 0.0303. The van der Waals surface area contributed by atoms with E-state index in [1.165, 1.54) is 4.57 Å². The van der Waals surface area contributed by atoms with Crippen LogP contribution in [-0.2, 0) is 17.8 Å². The Labute approximate surface area is 253 Å². The molecular weight excluding hydrogens is 573 g/mol. The molecule has 0 aliphatic rings. The fourth-order valence-electron chi connectivity index (χ4n) is 4.87. The van der Waals surface area contributed by atoms with Gasteiger partial charge in [-0.15, -0.1) is 0 Å². The molecule has 0 radical (unpaired) electrons. The summed E-state index contributed by atoms with van der Waals surface area (Å²) in [5.74, 6) is -1.11. The Morgan fingerprint density at radius 3 is 2.58 bits per heavy atom. The molecule has 1 amide bonds. The molecule has 0 saturated carbocycles. The molecule has 4 rings (SSSR count). The number of H-pyrrole nitrogens is 1. The molecule has 0 aliphatic heterocycles. The second kappa shape index (κ2) is 14.3. The number of nitrogens with zero attached hydrogens (tertiary/aromatic N) is 2. The standard InChI is InChI=1S/C30H37ClFN9O2/c1-17(33)3-2-4-19-11-23(27(32)24(31)12-19)25-13-20-16-41(30(43)40-28(20)39-25)22-7-5-18(6-8-22)15-38-21(14-26(34)42)9-10-37-29(35)36/h5-8,11-13,16-17,21,38H,2-4,9-10,14-15,33H2,1H3,(H2,34,42)(H4,35,36,37)(H,39,40,43)/t17-,21+/m0/s1. The Hall–Kier alpha value is -4.26. The Kier molecular flexibility index (Phi) is 10.5. The van der Waals surface area contributed by atoms with Gasteiger partial charge in [-0.25, -0.2) is 9.18 Å². The number of benzene rings is 2. The number of guanidine groups is 1. The van der Waals surface area contributed by atoms with Crippen molar-refractivity contribution in [3.63, 3.8) is 0 Å². The fraction of sp³-hybridized carbons (Fsp3) is 0.333. The highest BCUT2D eigenvalue weighted by molar-refractivity contribution is 6.31. The van der Waals surface area contributed by atoms with Gasteiger partial charge in [-0.05, 0) is 74.1 Å². The number of fused-ring (bicyclic) bond motifs is 1. The van der Waals surface area contributed by atoms with Crippen molar-refractivity contribution in [1.29, 1.82) is 5.41 Å². The Balaban J connectivity index is 1.51. The van der Waals surface area contributed by atoms with E-state index < -0.39 is 17.4 Å². The van der Waals surface area contributed by atoms with E-state index >= 15 is 4.39 Å². The number of halogens is 2. The minimum atomic E-state index is -0.545. The molecule has 13 heteroatoms. The number of hydrogen-bond donors (Lipinski definition) is 7. The van der Waals surface area contributed by atoms with Crippen LogP contribution in [-0.4, -0.2) is 45.0 Å². The predicted octanol–water partition coefficient (Wildman–Crippen LogP) is 3.05. The van der Waals surface area contributed by atoms with Crippen LogP contribution in [0.3, 0.4) is 0 Å². The summed E-state index contributed by atoms with van der Waals surface area (Å²) in [6.45, 7) is 2.84. The third kappa shape index (κ3) is 8.63. The molecule has 11 nitrogen and oxygen atoms in total. The van der Waals surface area contributed by atoms with Crippen molar-refractivity contribution in [2.75, 3.05) is 6.54 Å². The number of rotatable bonds is 14. The molecule has 0 fully saturated rings. The van der Waals surface area contributed by atoms with Gasteiger partial charge in [0, 0.05) is 48.7 Å². The third-order valence-corrected chi connectivity index (χ3v) is 7.35. The first-order valence-electron chi connectivity index (χ1n) is 14.1. The molecule has 0 spiro atoms. The van der Waals surface area contributed by atoms with Gasteiger partial charge in [0.05, 0.1) is 16.4 Å². The number of nitrogens with one attached hydrogen (secondary N) is 4. The number of carbonyl (C=O) groups is 1. The fourth-order valence-corrected chi connectivity index (χ4v) is 5.12. The summed E-state index contributed by atoms with van der Waals surface area (Å²) in [6.07, 6.45) is 4.77. The third-order valence-electron chi connectivity index (χ3n) is 7.08. The highest BCUT2D eigenvalue weighted by Gasteiger charge is 2.16. The summed E-state index contributed by atoms with van der Waals surface area (Å²) in [4.78, 5) is 31.6. The maximum Gasteiger partial charge on any atom is 0.354 e. The zero-order valence-corrected chi connectivity index (χ0v) is 24.7. The van der Waals surface area contributed by atoms with Gasteiger partial charge >= 0.3 is 5.69 Å². The topological polar surface area (TPSA) is 194 Å². The number of aromatic nitrogens is 3. The number of amides is 1. The van der Waals surface area contributed by atoms with E-state index in [-0.39, 0.29) is 29.5 Å². The van der Waals surface area contributed by atoms with Crippen molar-refractivity contribution in [3.05, 3.63) is 81.1 Å². The molecule has 2 atom stereocenters. The van der Waals surface area contributed by atoms with Crippen molar-refractivity contribution in [3.8, 4) is 16.9 Å². The van der Waals surface area contributed by atoms with E-state index in [0.29, 0.717) is 53.9 Å². The molecular formula is C30H37ClFN9O2. The smallest absolute Gasteiger partial charge is 0.354 e. The molecule has 2 aromatic carbocycles. The van der Waals surface area contributed by atoms with Gasteiger partial charge in [0.2, 0.25) is 5.91 Å². The van der Waals surface area contributed by atoms with Gasteiger partial charge in [-0.2, -0.15) is 4.98 Å². The van der Waals surface area contributed by atoms with E-state index in [9.17, 15) is 9.59 Å². The first-order valence-corrected chi connectivity index (χ1v) is 14.4. The van der Waals surface area contributed by atoms with Gasteiger partial charge in [-0.3, -0.25) is 14.8 Å². The first-order chi connectivity index (χ1) is 20.5. The summed E-state index contributed by atoms with van der Waals surface area (Å²) >= 11 is 6.22. The SMILES string of the molecule is C[C@H](N)CCCc1cc(Cl)c(F)c(-c2cc3cn(-c4ccc(CN[C@H](CCNC(=N)N)CC(N)=O)cc4)c(=O)nc3[nH]2)c1. The lowest BCUT2D eigenvalue weighted by Gasteiger charge is -2.18.